The Morgan fingerprint density at radius 1 is 1.47 bits per heavy atom. The molecular weight excluding hydrogens is 214 g/mol. The first-order valence-electron chi connectivity index (χ1n) is 5.67. The zero-order chi connectivity index (χ0) is 12.8. The first-order valence-corrected chi connectivity index (χ1v) is 5.67. The number of carbonyl (C=O) groups excluding carboxylic acids is 1. The molecule has 0 aliphatic rings. The Kier molecular flexibility index (Phi) is 4.76. The Labute approximate surface area is 103 Å². The van der Waals surface area contributed by atoms with Crippen molar-refractivity contribution in [3.8, 4) is 0 Å². The fourth-order valence-electron chi connectivity index (χ4n) is 1.54. The van der Waals surface area contributed by atoms with Crippen LogP contribution in [0, 0.1) is 6.92 Å². The Morgan fingerprint density at radius 3 is 2.76 bits per heavy atom. The van der Waals surface area contributed by atoms with Gasteiger partial charge in [-0.15, -0.1) is 0 Å². The molecule has 0 spiro atoms. The van der Waals surface area contributed by atoms with E-state index < -0.39 is 0 Å². The monoisotopic (exact) mass is 233 g/mol. The summed E-state index contributed by atoms with van der Waals surface area (Å²) in [6.07, 6.45) is 0. The summed E-state index contributed by atoms with van der Waals surface area (Å²) in [7, 11) is 1.93. The van der Waals surface area contributed by atoms with Crippen LogP contribution in [0.1, 0.15) is 12.5 Å². The standard InChI is InChI=1S/C14H19NO2/c1-5-17-14(16)12(3)10-15(4)13-8-6-7-11(2)9-13/h6-9H,3,5,10H2,1-2,4H3. The fraction of sp³-hybridized carbons (Fsp3) is 0.357. The van der Waals surface area contributed by atoms with E-state index in [4.69, 9.17) is 4.74 Å². The van der Waals surface area contributed by atoms with Crippen molar-refractivity contribution in [3.05, 3.63) is 42.0 Å². The lowest BCUT2D eigenvalue weighted by Crippen LogP contribution is -2.24. The topological polar surface area (TPSA) is 29.5 Å². The number of hydrogen-bond acceptors (Lipinski definition) is 3. The SMILES string of the molecule is C=C(CN(C)c1cccc(C)c1)C(=O)OCC. The quantitative estimate of drug-likeness (QED) is 0.578. The third-order valence-corrected chi connectivity index (χ3v) is 2.43. The van der Waals surface area contributed by atoms with Crippen molar-refractivity contribution < 1.29 is 9.53 Å². The average molecular weight is 233 g/mol. The maximum atomic E-state index is 11.4. The van der Waals surface area contributed by atoms with Crippen molar-refractivity contribution >= 4 is 11.7 Å². The van der Waals surface area contributed by atoms with E-state index >= 15 is 0 Å². The molecule has 0 N–H and O–H groups in total. The largest absolute Gasteiger partial charge is 0.463 e. The van der Waals surface area contributed by atoms with Gasteiger partial charge in [-0.25, -0.2) is 4.79 Å². The summed E-state index contributed by atoms with van der Waals surface area (Å²) in [5, 5.41) is 0. The molecule has 3 heteroatoms. The molecule has 0 saturated heterocycles. The third kappa shape index (κ3) is 3.94. The Morgan fingerprint density at radius 2 is 2.18 bits per heavy atom. The van der Waals surface area contributed by atoms with Gasteiger partial charge in [0.15, 0.2) is 0 Å². The molecule has 0 aromatic heterocycles. The number of rotatable bonds is 5. The van der Waals surface area contributed by atoms with E-state index in [0.717, 1.165) is 5.69 Å². The lowest BCUT2D eigenvalue weighted by Gasteiger charge is -2.20. The molecule has 92 valence electrons. The molecule has 0 heterocycles. The van der Waals surface area contributed by atoms with Gasteiger partial charge in [-0.2, -0.15) is 0 Å². The summed E-state index contributed by atoms with van der Waals surface area (Å²) in [5.41, 5.74) is 2.72. The highest BCUT2D eigenvalue weighted by Gasteiger charge is 2.10. The number of likely N-dealkylation sites (N-methyl/N-ethyl adjacent to an activating group) is 1. The lowest BCUT2D eigenvalue weighted by molar-refractivity contribution is -0.138. The molecule has 0 aliphatic carbocycles. The van der Waals surface area contributed by atoms with Crippen LogP contribution in [0.25, 0.3) is 0 Å². The highest BCUT2D eigenvalue weighted by atomic mass is 16.5. The molecule has 0 amide bonds. The predicted octanol–water partition coefficient (Wildman–Crippen LogP) is 2.55. The molecular formula is C14H19NO2. The van der Waals surface area contributed by atoms with Crippen LogP contribution in [0.2, 0.25) is 0 Å². The molecule has 0 unspecified atom stereocenters. The van der Waals surface area contributed by atoms with Crippen LogP contribution < -0.4 is 4.90 Å². The van der Waals surface area contributed by atoms with Crippen molar-refractivity contribution in [1.29, 1.82) is 0 Å². The molecule has 17 heavy (non-hydrogen) atoms. The van der Waals surface area contributed by atoms with Crippen LogP contribution >= 0.6 is 0 Å². The summed E-state index contributed by atoms with van der Waals surface area (Å²) in [6.45, 7) is 8.43. The molecule has 0 atom stereocenters. The van der Waals surface area contributed by atoms with Crippen molar-refractivity contribution in [2.45, 2.75) is 13.8 Å². The van der Waals surface area contributed by atoms with Crippen LogP contribution in [0.5, 0.6) is 0 Å². The van der Waals surface area contributed by atoms with Gasteiger partial charge in [0.2, 0.25) is 0 Å². The smallest absolute Gasteiger partial charge is 0.335 e. The van der Waals surface area contributed by atoms with Crippen LogP contribution in [0.4, 0.5) is 5.69 Å². The number of benzene rings is 1. The number of esters is 1. The van der Waals surface area contributed by atoms with Gasteiger partial charge < -0.3 is 9.64 Å². The Hall–Kier alpha value is -1.77. The van der Waals surface area contributed by atoms with E-state index in [1.165, 1.54) is 5.56 Å². The van der Waals surface area contributed by atoms with E-state index in [-0.39, 0.29) is 5.97 Å². The number of hydrogen-bond donors (Lipinski definition) is 0. The van der Waals surface area contributed by atoms with Crippen LogP contribution in [-0.2, 0) is 9.53 Å². The first-order chi connectivity index (χ1) is 8.04. The summed E-state index contributed by atoms with van der Waals surface area (Å²) >= 11 is 0. The van der Waals surface area contributed by atoms with Gasteiger partial charge in [0.1, 0.15) is 0 Å². The van der Waals surface area contributed by atoms with E-state index in [1.54, 1.807) is 6.92 Å². The van der Waals surface area contributed by atoms with E-state index in [1.807, 2.05) is 37.1 Å². The fourth-order valence-corrected chi connectivity index (χ4v) is 1.54. The summed E-state index contributed by atoms with van der Waals surface area (Å²) in [6, 6.07) is 8.11. The third-order valence-electron chi connectivity index (χ3n) is 2.43. The molecule has 1 aromatic rings. The van der Waals surface area contributed by atoms with Gasteiger partial charge in [-0.1, -0.05) is 18.7 Å². The second kappa shape index (κ2) is 6.09. The molecule has 0 fully saturated rings. The zero-order valence-electron chi connectivity index (χ0n) is 10.7. The molecule has 3 nitrogen and oxygen atoms in total. The van der Waals surface area contributed by atoms with Gasteiger partial charge in [0, 0.05) is 24.9 Å². The van der Waals surface area contributed by atoms with Crippen LogP contribution in [0.3, 0.4) is 0 Å². The number of carbonyl (C=O) groups is 1. The van der Waals surface area contributed by atoms with Gasteiger partial charge in [0.05, 0.1) is 6.61 Å². The molecule has 0 bridgehead atoms. The molecule has 1 rings (SSSR count). The zero-order valence-corrected chi connectivity index (χ0v) is 10.7. The van der Waals surface area contributed by atoms with Gasteiger partial charge in [0.25, 0.3) is 0 Å². The minimum atomic E-state index is -0.327. The van der Waals surface area contributed by atoms with Crippen molar-refractivity contribution in [3.63, 3.8) is 0 Å². The number of anilines is 1. The highest BCUT2D eigenvalue weighted by molar-refractivity contribution is 5.88. The predicted molar refractivity (Wildman–Crippen MR) is 70.2 cm³/mol. The van der Waals surface area contributed by atoms with E-state index in [0.29, 0.717) is 18.7 Å². The maximum Gasteiger partial charge on any atom is 0.335 e. The van der Waals surface area contributed by atoms with E-state index in [9.17, 15) is 4.79 Å². The average Bonchev–Trinajstić information content (AvgIpc) is 2.29. The van der Waals surface area contributed by atoms with Crippen LogP contribution in [0.15, 0.2) is 36.4 Å². The minimum absolute atomic E-state index is 0.327. The normalized spacial score (nSPS) is 9.82. The van der Waals surface area contributed by atoms with Gasteiger partial charge in [-0.05, 0) is 31.5 Å². The summed E-state index contributed by atoms with van der Waals surface area (Å²) in [4.78, 5) is 13.4. The first kappa shape index (κ1) is 13.3. The second-order valence-corrected chi connectivity index (χ2v) is 4.02. The van der Waals surface area contributed by atoms with Crippen molar-refractivity contribution in [2.75, 3.05) is 25.1 Å². The molecule has 0 aliphatic heterocycles. The highest BCUT2D eigenvalue weighted by Crippen LogP contribution is 2.15. The van der Waals surface area contributed by atoms with Gasteiger partial charge in [-0.3, -0.25) is 0 Å². The van der Waals surface area contributed by atoms with Crippen LogP contribution in [-0.4, -0.2) is 26.2 Å². The lowest BCUT2D eigenvalue weighted by atomic mass is 10.2. The second-order valence-electron chi connectivity index (χ2n) is 4.02. The van der Waals surface area contributed by atoms with Crippen molar-refractivity contribution in [1.82, 2.24) is 0 Å². The van der Waals surface area contributed by atoms with Crippen molar-refractivity contribution in [2.24, 2.45) is 0 Å². The number of ether oxygens (including phenoxy) is 1. The van der Waals surface area contributed by atoms with E-state index in [2.05, 4.69) is 12.6 Å². The molecule has 0 saturated carbocycles. The summed E-state index contributed by atoms with van der Waals surface area (Å²) in [5.74, 6) is -0.327. The number of aryl methyl sites for hydroxylation is 1. The molecule has 0 radical (unpaired) electrons. The maximum absolute atomic E-state index is 11.4. The number of nitrogens with zero attached hydrogens (tertiary/aromatic N) is 1. The molecule has 1 aromatic carbocycles. The Bertz CT molecular complexity index is 412. The minimum Gasteiger partial charge on any atom is -0.463 e. The summed E-state index contributed by atoms with van der Waals surface area (Å²) < 4.78 is 4.90. The van der Waals surface area contributed by atoms with Gasteiger partial charge >= 0.3 is 5.97 Å². The Balaban J connectivity index is 2.63.